The van der Waals surface area contributed by atoms with Crippen LogP contribution in [0.1, 0.15) is 34.5 Å². The van der Waals surface area contributed by atoms with E-state index in [0.29, 0.717) is 0 Å². The summed E-state index contributed by atoms with van der Waals surface area (Å²) in [5.74, 6) is -0.517. The Morgan fingerprint density at radius 2 is 0.781 bits per heavy atom. The summed E-state index contributed by atoms with van der Waals surface area (Å²) in [5, 5.41) is 32.5. The third-order valence-electron chi connectivity index (χ3n) is 5.54. The van der Waals surface area contributed by atoms with Crippen LogP contribution < -0.4 is 49.2 Å². The average molecular weight is 395 g/mol. The Morgan fingerprint density at radius 1 is 0.469 bits per heavy atom. The zero-order valence-corrected chi connectivity index (χ0v) is 17.0. The largest absolute Gasteiger partial charge is 0.509 e. The van der Waals surface area contributed by atoms with Crippen LogP contribution in [0.4, 0.5) is 0 Å². The lowest BCUT2D eigenvalue weighted by molar-refractivity contribution is 0.199. The van der Waals surface area contributed by atoms with Gasteiger partial charge in [-0.3, -0.25) is 0 Å². The van der Waals surface area contributed by atoms with E-state index in [-0.39, 0.29) is 71.4 Å². The number of phenols is 1. The highest BCUT2D eigenvalue weighted by atomic mass is 16.3. The molecular formula is C20H9B9O3. The molecule has 0 bridgehead atoms. The second-order valence-electron chi connectivity index (χ2n) is 7.33. The normalized spacial score (nSPS) is 13.1. The van der Waals surface area contributed by atoms with Gasteiger partial charge in [-0.15, -0.1) is 21.9 Å². The minimum atomic E-state index is -1.51. The predicted octanol–water partition coefficient (Wildman–Crippen LogP) is -7.30. The Kier molecular flexibility index (Phi) is 6.98. The van der Waals surface area contributed by atoms with E-state index in [9.17, 15) is 15.3 Å². The van der Waals surface area contributed by atoms with Gasteiger partial charge < -0.3 is 15.3 Å². The van der Waals surface area contributed by atoms with Crippen molar-refractivity contribution < 1.29 is 15.3 Å². The monoisotopic (exact) mass is 396 g/mol. The van der Waals surface area contributed by atoms with Gasteiger partial charge in [0.15, 0.2) is 0 Å². The standard InChI is InChI=1S/C20H9B9O3/c21-9-7(10(22)14(26)16(28)13(9)25)18(30)5-3-1-2-4-6(5)19(31)8-11(23)15(27)17(29)20(32)12(8)24/h1-4,18-19,30-32H. The maximum atomic E-state index is 11.2. The number of aliphatic hydroxyl groups excluding tert-OH is 2. The van der Waals surface area contributed by atoms with Gasteiger partial charge in [-0.1, -0.05) is 51.6 Å². The van der Waals surface area contributed by atoms with Crippen LogP contribution in [0.25, 0.3) is 0 Å². The molecule has 0 saturated carbocycles. The minimum absolute atomic E-state index is 0.00218. The zero-order chi connectivity index (χ0) is 24.1. The van der Waals surface area contributed by atoms with Crippen molar-refractivity contribution >= 4 is 120 Å². The third-order valence-corrected chi connectivity index (χ3v) is 5.54. The fourth-order valence-electron chi connectivity index (χ4n) is 3.62. The van der Waals surface area contributed by atoms with Crippen molar-refractivity contribution in [1.82, 2.24) is 0 Å². The van der Waals surface area contributed by atoms with Crippen molar-refractivity contribution in [2.24, 2.45) is 0 Å². The fourth-order valence-corrected chi connectivity index (χ4v) is 3.62. The van der Waals surface area contributed by atoms with Crippen LogP contribution in [0.15, 0.2) is 24.3 Å². The van der Waals surface area contributed by atoms with Crippen LogP contribution in [-0.4, -0.2) is 85.9 Å². The Morgan fingerprint density at radius 3 is 1.19 bits per heavy atom. The number of benzene rings is 3. The van der Waals surface area contributed by atoms with E-state index in [0.717, 1.165) is 0 Å². The summed E-state index contributed by atoms with van der Waals surface area (Å²) in [4.78, 5) is 0. The summed E-state index contributed by atoms with van der Waals surface area (Å²) < 4.78 is 0. The van der Waals surface area contributed by atoms with Crippen LogP contribution in [0.3, 0.4) is 0 Å². The van der Waals surface area contributed by atoms with Crippen molar-refractivity contribution in [3.8, 4) is 5.75 Å². The summed E-state index contributed by atoms with van der Waals surface area (Å²) in [6.45, 7) is 0. The van der Waals surface area contributed by atoms with E-state index >= 15 is 0 Å². The quantitative estimate of drug-likeness (QED) is 0.386. The van der Waals surface area contributed by atoms with Gasteiger partial charge in [-0.2, -0.15) is 0 Å². The number of aliphatic hydroxyl groups is 2. The molecule has 2 atom stereocenters. The number of phenolic OH excluding ortho intramolecular Hbond substituents is 1. The summed E-state index contributed by atoms with van der Waals surface area (Å²) in [5.41, 5.74) is -0.598. The van der Waals surface area contributed by atoms with Crippen molar-refractivity contribution in [1.29, 1.82) is 0 Å². The third kappa shape index (κ3) is 3.82. The highest BCUT2D eigenvalue weighted by Gasteiger charge is 2.26. The molecule has 0 aromatic heterocycles. The molecule has 3 N–H and O–H groups in total. The van der Waals surface area contributed by atoms with E-state index in [4.69, 9.17) is 70.6 Å². The number of hydrogen-bond donors (Lipinski definition) is 3. The second-order valence-corrected chi connectivity index (χ2v) is 7.33. The Balaban J connectivity index is 2.23. The van der Waals surface area contributed by atoms with Crippen molar-refractivity contribution in [2.75, 3.05) is 0 Å². The van der Waals surface area contributed by atoms with Gasteiger partial charge in [-0.25, -0.2) is 0 Å². The van der Waals surface area contributed by atoms with Crippen molar-refractivity contribution in [3.63, 3.8) is 0 Å². The van der Waals surface area contributed by atoms with Gasteiger partial charge in [0.25, 0.3) is 0 Å². The number of aromatic hydroxyl groups is 1. The van der Waals surface area contributed by atoms with E-state index in [2.05, 4.69) is 0 Å². The highest BCUT2D eigenvalue weighted by molar-refractivity contribution is 6.67. The molecule has 18 radical (unpaired) electrons. The Hall–Kier alpha value is -2.04. The first-order chi connectivity index (χ1) is 14.9. The van der Waals surface area contributed by atoms with Gasteiger partial charge in [0, 0.05) is 0 Å². The lowest BCUT2D eigenvalue weighted by Crippen LogP contribution is -2.56. The molecule has 12 heteroatoms. The molecule has 3 nitrogen and oxygen atoms in total. The first kappa shape index (κ1) is 24.6. The second kappa shape index (κ2) is 9.07. The summed E-state index contributed by atoms with van der Waals surface area (Å²) in [7, 11) is 53.3. The van der Waals surface area contributed by atoms with Gasteiger partial charge in [0.1, 0.15) is 88.6 Å². The molecule has 0 aliphatic rings. The van der Waals surface area contributed by atoms with Crippen LogP contribution in [0, 0.1) is 0 Å². The maximum absolute atomic E-state index is 11.2. The number of hydrogen-bond acceptors (Lipinski definition) is 3. The molecule has 0 heterocycles. The van der Waals surface area contributed by atoms with Crippen LogP contribution in [0.2, 0.25) is 0 Å². The topological polar surface area (TPSA) is 60.7 Å². The van der Waals surface area contributed by atoms with Crippen molar-refractivity contribution in [2.45, 2.75) is 12.2 Å². The molecule has 3 rings (SSSR count). The van der Waals surface area contributed by atoms with Gasteiger partial charge in [-0.05, 0) is 22.3 Å². The summed E-state index contributed by atoms with van der Waals surface area (Å²) >= 11 is 0. The molecule has 0 amide bonds. The molecule has 32 heavy (non-hydrogen) atoms. The molecule has 0 saturated heterocycles. The van der Waals surface area contributed by atoms with Gasteiger partial charge in [0.05, 0.1) is 0 Å². The molecule has 2 unspecified atom stereocenters. The fraction of sp³-hybridized carbons (Fsp3) is 0.100. The van der Waals surface area contributed by atoms with E-state index in [1.54, 1.807) is 12.1 Å². The smallest absolute Gasteiger partial charge is 0.119 e. The van der Waals surface area contributed by atoms with E-state index in [1.165, 1.54) is 12.1 Å². The lowest BCUT2D eigenvalue weighted by Gasteiger charge is -2.28. The van der Waals surface area contributed by atoms with Crippen LogP contribution >= 0.6 is 0 Å². The summed E-state index contributed by atoms with van der Waals surface area (Å²) in [6, 6.07) is 6.27. The minimum Gasteiger partial charge on any atom is -0.509 e. The van der Waals surface area contributed by atoms with Crippen LogP contribution in [0.5, 0.6) is 5.75 Å². The van der Waals surface area contributed by atoms with Crippen molar-refractivity contribution in [3.05, 3.63) is 46.5 Å². The Labute approximate surface area is 199 Å². The maximum Gasteiger partial charge on any atom is 0.119 e. The lowest BCUT2D eigenvalue weighted by atomic mass is 9.59. The molecule has 0 aliphatic carbocycles. The molecule has 0 fully saturated rings. The molecule has 134 valence electrons. The molecule has 0 aliphatic heterocycles. The first-order valence-corrected chi connectivity index (χ1v) is 9.32. The van der Waals surface area contributed by atoms with E-state index in [1.807, 2.05) is 0 Å². The highest BCUT2D eigenvalue weighted by Crippen LogP contribution is 2.29. The SMILES string of the molecule is [B]c1c([B])c([B])c(C(O)c2ccccc2C(O)c2c([B])c([B])c([B])c(O)c2[B])c([B])c1[B]. The predicted molar refractivity (Wildman–Crippen MR) is 138 cm³/mol. The molecule has 0 spiro atoms. The molecule has 3 aromatic rings. The van der Waals surface area contributed by atoms with Gasteiger partial charge in [0.2, 0.25) is 0 Å². The van der Waals surface area contributed by atoms with E-state index < -0.39 is 18.0 Å². The van der Waals surface area contributed by atoms with Crippen LogP contribution in [-0.2, 0) is 0 Å². The van der Waals surface area contributed by atoms with Gasteiger partial charge >= 0.3 is 0 Å². The summed E-state index contributed by atoms with van der Waals surface area (Å²) in [6.07, 6.45) is -2.98. The molecule has 3 aromatic carbocycles. The Bertz CT molecular complexity index is 1080. The zero-order valence-electron chi connectivity index (χ0n) is 17.0. The number of rotatable bonds is 4. The molecular weight excluding hydrogens is 386 g/mol. The first-order valence-electron chi connectivity index (χ1n) is 9.32. The average Bonchev–Trinajstić information content (AvgIpc) is 2.78.